The van der Waals surface area contributed by atoms with Crippen molar-refractivity contribution in [2.24, 2.45) is 0 Å². The van der Waals surface area contributed by atoms with Crippen LogP contribution in [0.1, 0.15) is 245 Å². The van der Waals surface area contributed by atoms with Gasteiger partial charge in [-0.1, -0.05) is 246 Å². The van der Waals surface area contributed by atoms with Gasteiger partial charge in [0.05, 0.1) is 39.9 Å². The van der Waals surface area contributed by atoms with Crippen molar-refractivity contribution in [3.8, 4) is 0 Å². The van der Waals surface area contributed by atoms with Crippen LogP contribution in [0.3, 0.4) is 0 Å². The minimum Gasteiger partial charge on any atom is -0.387 e. The third kappa shape index (κ3) is 55.2. The molecule has 0 aliphatic heterocycles. The van der Waals surface area contributed by atoms with Crippen molar-refractivity contribution in [2.45, 2.75) is 257 Å². The molecular formula is C63H114N2O6P+. The zero-order chi connectivity index (χ0) is 52.7. The number of phosphoric acid groups is 1. The second kappa shape index (κ2) is 53.3. The number of unbranched alkanes of at least 4 members (excludes halogenated alkanes) is 26. The fraction of sp³-hybridized carbons (Fsp3) is 0.730. The highest BCUT2D eigenvalue weighted by molar-refractivity contribution is 7.47. The number of phosphoric ester groups is 1. The first kappa shape index (κ1) is 69.4. The second-order valence-electron chi connectivity index (χ2n) is 21.0. The van der Waals surface area contributed by atoms with E-state index in [4.69, 9.17) is 9.05 Å². The van der Waals surface area contributed by atoms with E-state index in [0.717, 1.165) is 77.0 Å². The summed E-state index contributed by atoms with van der Waals surface area (Å²) in [6.45, 7) is 4.68. The number of amides is 1. The lowest BCUT2D eigenvalue weighted by Gasteiger charge is -2.25. The van der Waals surface area contributed by atoms with Gasteiger partial charge in [0, 0.05) is 6.42 Å². The summed E-state index contributed by atoms with van der Waals surface area (Å²) in [7, 11) is 1.54. The predicted molar refractivity (Wildman–Crippen MR) is 313 cm³/mol. The summed E-state index contributed by atoms with van der Waals surface area (Å²) in [5.41, 5.74) is 0. The third-order valence-electron chi connectivity index (χ3n) is 12.8. The molecule has 0 fully saturated rings. The Kier molecular flexibility index (Phi) is 51.3. The standard InChI is InChI=1S/C63H113N2O6P/c1-6-8-10-12-14-16-18-20-22-24-26-27-28-29-30-31-32-33-34-35-36-37-39-41-43-45-47-49-51-53-55-57-63(67)64-61(60-71-72(68,69)70-59-58-65(3,4)5)62(66)56-54-52-50-48-46-44-42-40-38-25-23-21-19-17-15-13-11-9-7-2/h8,10,14,16,20,22,26-27,29-30,38,40,46,48,54,56,61-62,66H,6-7,9,11-13,15,17-19,21,23-25,28,31-37,39,41-45,47,49-53,55,57-60H2,1-5H3,(H-,64,67,68,69)/p+1/b10-8-,16-14-,22-20-,27-26-,30-29-,40-38+,48-46+,56-54+. The molecule has 0 rings (SSSR count). The van der Waals surface area contributed by atoms with Crippen LogP contribution in [0.5, 0.6) is 0 Å². The number of allylic oxidation sites excluding steroid dienone is 15. The maximum absolute atomic E-state index is 13.0. The van der Waals surface area contributed by atoms with Crippen molar-refractivity contribution < 1.29 is 32.9 Å². The Balaban J connectivity index is 4.20. The van der Waals surface area contributed by atoms with Gasteiger partial charge >= 0.3 is 7.82 Å². The van der Waals surface area contributed by atoms with Crippen LogP contribution in [-0.4, -0.2) is 73.4 Å². The number of aliphatic hydroxyl groups excluding tert-OH is 1. The van der Waals surface area contributed by atoms with E-state index in [1.807, 2.05) is 27.2 Å². The molecular weight excluding hydrogens is 912 g/mol. The topological polar surface area (TPSA) is 105 Å². The van der Waals surface area contributed by atoms with Crippen molar-refractivity contribution in [3.63, 3.8) is 0 Å². The highest BCUT2D eigenvalue weighted by atomic mass is 31.2. The number of hydrogen-bond acceptors (Lipinski definition) is 5. The minimum atomic E-state index is -4.36. The van der Waals surface area contributed by atoms with Crippen molar-refractivity contribution in [1.29, 1.82) is 0 Å². The number of hydrogen-bond donors (Lipinski definition) is 3. The Morgan fingerprint density at radius 2 is 0.847 bits per heavy atom. The van der Waals surface area contributed by atoms with Crippen LogP contribution in [0, 0.1) is 0 Å². The monoisotopic (exact) mass is 1030 g/mol. The number of nitrogens with one attached hydrogen (secondary N) is 1. The molecule has 3 atom stereocenters. The lowest BCUT2D eigenvalue weighted by Crippen LogP contribution is -2.45. The van der Waals surface area contributed by atoms with Gasteiger partial charge in [0.2, 0.25) is 5.91 Å². The van der Waals surface area contributed by atoms with Crippen LogP contribution >= 0.6 is 7.82 Å². The molecule has 0 spiro atoms. The summed E-state index contributed by atoms with van der Waals surface area (Å²) in [5.74, 6) is -0.193. The first-order valence-electron chi connectivity index (χ1n) is 29.6. The van der Waals surface area contributed by atoms with E-state index in [2.05, 4.69) is 104 Å². The summed E-state index contributed by atoms with van der Waals surface area (Å²) >= 11 is 0. The molecule has 0 aromatic carbocycles. The van der Waals surface area contributed by atoms with Gasteiger partial charge in [0.25, 0.3) is 0 Å². The number of carbonyl (C=O) groups is 1. The van der Waals surface area contributed by atoms with E-state index in [1.165, 1.54) is 148 Å². The normalized spacial score (nSPS) is 14.6. The van der Waals surface area contributed by atoms with Gasteiger partial charge in [-0.15, -0.1) is 0 Å². The summed E-state index contributed by atoms with van der Waals surface area (Å²) in [6, 6.07) is -0.875. The quantitative estimate of drug-likeness (QED) is 0.0243. The van der Waals surface area contributed by atoms with Gasteiger partial charge < -0.3 is 19.8 Å². The molecule has 9 heteroatoms. The van der Waals surface area contributed by atoms with Gasteiger partial charge in [-0.05, 0) is 89.9 Å². The van der Waals surface area contributed by atoms with Crippen LogP contribution in [0.4, 0.5) is 0 Å². The lowest BCUT2D eigenvalue weighted by atomic mass is 10.0. The SMILES string of the molecule is CC/C=C\C/C=C\C/C=C\C/C=C\C/C=C\CCCCCCCCCCCCCCCCCC(=O)NC(COP(=O)(O)OCC[N+](C)(C)C)C(O)/C=C/CC/C=C/CC/C=C/CCCCCCCCCCC. The van der Waals surface area contributed by atoms with Gasteiger partial charge in [-0.2, -0.15) is 0 Å². The number of aliphatic hydroxyl groups is 1. The molecule has 3 N–H and O–H groups in total. The summed E-state index contributed by atoms with van der Waals surface area (Å²) in [4.78, 5) is 23.3. The fourth-order valence-corrected chi connectivity index (χ4v) is 8.90. The Labute approximate surface area is 445 Å². The summed E-state index contributed by atoms with van der Waals surface area (Å²) < 4.78 is 23.7. The van der Waals surface area contributed by atoms with Crippen molar-refractivity contribution in [1.82, 2.24) is 5.32 Å². The Morgan fingerprint density at radius 3 is 1.28 bits per heavy atom. The number of rotatable bonds is 53. The van der Waals surface area contributed by atoms with E-state index >= 15 is 0 Å². The first-order valence-corrected chi connectivity index (χ1v) is 31.1. The molecule has 72 heavy (non-hydrogen) atoms. The van der Waals surface area contributed by atoms with Crippen LogP contribution in [0.25, 0.3) is 0 Å². The van der Waals surface area contributed by atoms with Crippen LogP contribution in [0.15, 0.2) is 97.2 Å². The average molecular weight is 1030 g/mol. The molecule has 0 saturated carbocycles. The molecule has 0 aliphatic carbocycles. The molecule has 0 radical (unpaired) electrons. The van der Waals surface area contributed by atoms with Gasteiger partial charge in [0.15, 0.2) is 0 Å². The maximum atomic E-state index is 13.0. The zero-order valence-electron chi connectivity index (χ0n) is 47.4. The van der Waals surface area contributed by atoms with Crippen LogP contribution in [0.2, 0.25) is 0 Å². The smallest absolute Gasteiger partial charge is 0.387 e. The van der Waals surface area contributed by atoms with E-state index in [-0.39, 0.29) is 19.1 Å². The highest BCUT2D eigenvalue weighted by Crippen LogP contribution is 2.43. The number of quaternary nitrogens is 1. The van der Waals surface area contributed by atoms with Gasteiger partial charge in [0.1, 0.15) is 13.2 Å². The molecule has 416 valence electrons. The molecule has 0 aliphatic rings. The highest BCUT2D eigenvalue weighted by Gasteiger charge is 2.27. The van der Waals surface area contributed by atoms with Crippen molar-refractivity contribution >= 4 is 13.7 Å². The lowest BCUT2D eigenvalue weighted by molar-refractivity contribution is -0.870. The average Bonchev–Trinajstić information content (AvgIpc) is 3.34. The number of nitrogens with zero attached hydrogens (tertiary/aromatic N) is 1. The molecule has 3 unspecified atom stereocenters. The zero-order valence-corrected chi connectivity index (χ0v) is 48.3. The van der Waals surface area contributed by atoms with Crippen LogP contribution < -0.4 is 5.32 Å². The second-order valence-corrected chi connectivity index (χ2v) is 22.4. The minimum absolute atomic E-state index is 0.0502. The predicted octanol–water partition coefficient (Wildman–Crippen LogP) is 18.2. The molecule has 0 saturated heterocycles. The Bertz CT molecular complexity index is 1490. The summed E-state index contributed by atoms with van der Waals surface area (Å²) in [6.07, 6.45) is 76.6. The Morgan fingerprint density at radius 1 is 0.486 bits per heavy atom. The largest absolute Gasteiger partial charge is 0.472 e. The molecule has 1 amide bonds. The molecule has 8 nitrogen and oxygen atoms in total. The van der Waals surface area contributed by atoms with Gasteiger partial charge in [-0.25, -0.2) is 4.57 Å². The number of likely N-dealkylation sites (N-methyl/N-ethyl adjacent to an activating group) is 1. The van der Waals surface area contributed by atoms with E-state index in [9.17, 15) is 19.4 Å². The van der Waals surface area contributed by atoms with E-state index < -0.39 is 20.0 Å². The van der Waals surface area contributed by atoms with E-state index in [0.29, 0.717) is 17.4 Å². The van der Waals surface area contributed by atoms with Crippen molar-refractivity contribution in [3.05, 3.63) is 97.2 Å². The van der Waals surface area contributed by atoms with Gasteiger partial charge in [-0.3, -0.25) is 13.8 Å². The molecule has 0 aromatic rings. The fourth-order valence-electron chi connectivity index (χ4n) is 8.16. The first-order chi connectivity index (χ1) is 35.0. The molecule has 0 aromatic heterocycles. The number of carbonyl (C=O) groups excluding carboxylic acids is 1. The molecule has 0 heterocycles. The van der Waals surface area contributed by atoms with Crippen molar-refractivity contribution in [2.75, 3.05) is 40.9 Å². The molecule has 0 bridgehead atoms. The maximum Gasteiger partial charge on any atom is 0.472 e. The summed E-state index contributed by atoms with van der Waals surface area (Å²) in [5, 5.41) is 13.9. The van der Waals surface area contributed by atoms with Crippen LogP contribution in [-0.2, 0) is 18.4 Å². The Hall–Kier alpha value is -2.58. The van der Waals surface area contributed by atoms with E-state index in [1.54, 1.807) is 6.08 Å². The third-order valence-corrected chi connectivity index (χ3v) is 13.7.